The number of amides is 1. The van der Waals surface area contributed by atoms with Gasteiger partial charge in [0.25, 0.3) is 5.91 Å². The second kappa shape index (κ2) is 6.04. The molecular formula is C19H20N4OS. The molecule has 3 heterocycles. The van der Waals surface area contributed by atoms with E-state index in [2.05, 4.69) is 40.2 Å². The minimum absolute atomic E-state index is 0.0760. The number of anilines is 1. The van der Waals surface area contributed by atoms with Gasteiger partial charge >= 0.3 is 0 Å². The molecule has 4 rings (SSSR count). The molecule has 25 heavy (non-hydrogen) atoms. The lowest BCUT2D eigenvalue weighted by atomic mass is 10.2. The SMILES string of the molecule is CCCn1ccc2cc(NC(=O)c3cc4c(C)nn(C)c4s3)ccc21. The molecule has 5 nitrogen and oxygen atoms in total. The largest absolute Gasteiger partial charge is 0.347 e. The van der Waals surface area contributed by atoms with E-state index in [1.807, 2.05) is 36.9 Å². The highest BCUT2D eigenvalue weighted by molar-refractivity contribution is 7.20. The van der Waals surface area contributed by atoms with Crippen LogP contribution in [0.1, 0.15) is 28.7 Å². The predicted molar refractivity (Wildman–Crippen MR) is 104 cm³/mol. The number of rotatable bonds is 4. The Morgan fingerprint density at radius 2 is 2.12 bits per heavy atom. The summed E-state index contributed by atoms with van der Waals surface area (Å²) in [6.45, 7) is 5.14. The molecule has 1 amide bonds. The first kappa shape index (κ1) is 15.9. The van der Waals surface area contributed by atoms with E-state index in [0.29, 0.717) is 4.88 Å². The van der Waals surface area contributed by atoms with Gasteiger partial charge in [-0.05, 0) is 43.7 Å². The van der Waals surface area contributed by atoms with Gasteiger partial charge in [0.2, 0.25) is 0 Å². The highest BCUT2D eigenvalue weighted by Gasteiger charge is 2.15. The summed E-state index contributed by atoms with van der Waals surface area (Å²) in [6, 6.07) is 10.1. The van der Waals surface area contributed by atoms with E-state index in [1.165, 1.54) is 16.9 Å². The van der Waals surface area contributed by atoms with Crippen molar-refractivity contribution in [3.8, 4) is 0 Å². The Balaban J connectivity index is 1.61. The molecule has 0 bridgehead atoms. The Kier molecular flexibility index (Phi) is 3.84. The average Bonchev–Trinajstić information content (AvgIpc) is 3.25. The molecule has 0 aliphatic carbocycles. The molecule has 0 atom stereocenters. The van der Waals surface area contributed by atoms with Crippen LogP contribution >= 0.6 is 11.3 Å². The molecule has 0 aliphatic rings. The van der Waals surface area contributed by atoms with Gasteiger partial charge in [-0.25, -0.2) is 0 Å². The molecule has 128 valence electrons. The first-order valence-electron chi connectivity index (χ1n) is 8.40. The molecule has 0 aliphatic heterocycles. The van der Waals surface area contributed by atoms with E-state index in [1.54, 1.807) is 0 Å². The van der Waals surface area contributed by atoms with Crippen LogP contribution < -0.4 is 5.32 Å². The van der Waals surface area contributed by atoms with Crippen molar-refractivity contribution in [3.05, 3.63) is 47.1 Å². The number of thiophene rings is 1. The monoisotopic (exact) mass is 352 g/mol. The number of nitrogens with zero attached hydrogens (tertiary/aromatic N) is 3. The van der Waals surface area contributed by atoms with Crippen LogP contribution in [0.15, 0.2) is 36.5 Å². The van der Waals surface area contributed by atoms with E-state index in [-0.39, 0.29) is 5.91 Å². The first-order valence-corrected chi connectivity index (χ1v) is 9.22. The maximum absolute atomic E-state index is 12.6. The zero-order valence-electron chi connectivity index (χ0n) is 14.5. The highest BCUT2D eigenvalue weighted by atomic mass is 32.1. The predicted octanol–water partition coefficient (Wildman–Crippen LogP) is 4.56. The quantitative estimate of drug-likeness (QED) is 0.585. The van der Waals surface area contributed by atoms with Crippen molar-refractivity contribution < 1.29 is 4.79 Å². The topological polar surface area (TPSA) is 51.9 Å². The van der Waals surface area contributed by atoms with E-state index < -0.39 is 0 Å². The zero-order chi connectivity index (χ0) is 17.6. The lowest BCUT2D eigenvalue weighted by Crippen LogP contribution is -2.10. The summed E-state index contributed by atoms with van der Waals surface area (Å²) in [6.07, 6.45) is 3.20. The number of carbonyl (C=O) groups is 1. The maximum atomic E-state index is 12.6. The number of carbonyl (C=O) groups excluding carboxylic acids is 1. The van der Waals surface area contributed by atoms with Crippen molar-refractivity contribution >= 4 is 44.1 Å². The van der Waals surface area contributed by atoms with Gasteiger partial charge < -0.3 is 9.88 Å². The smallest absolute Gasteiger partial charge is 0.265 e. The standard InChI is InChI=1S/C19H20N4OS/c1-4-8-23-9-7-13-10-14(5-6-16(13)23)20-18(24)17-11-15-12(2)21-22(3)19(15)25-17/h5-7,9-11H,4,8H2,1-3H3,(H,20,24). The van der Waals surface area contributed by atoms with Crippen LogP contribution in [0.3, 0.4) is 0 Å². The maximum Gasteiger partial charge on any atom is 0.265 e. The minimum atomic E-state index is -0.0760. The van der Waals surface area contributed by atoms with Crippen LogP contribution in [0, 0.1) is 6.92 Å². The van der Waals surface area contributed by atoms with Gasteiger partial charge in [0.15, 0.2) is 0 Å². The number of hydrogen-bond acceptors (Lipinski definition) is 3. The minimum Gasteiger partial charge on any atom is -0.347 e. The number of benzene rings is 1. The second-order valence-electron chi connectivity index (χ2n) is 6.28. The van der Waals surface area contributed by atoms with Crippen molar-refractivity contribution in [2.75, 3.05) is 5.32 Å². The van der Waals surface area contributed by atoms with Gasteiger partial charge in [0.1, 0.15) is 4.83 Å². The summed E-state index contributed by atoms with van der Waals surface area (Å²) < 4.78 is 4.07. The first-order chi connectivity index (χ1) is 12.1. The molecular weight excluding hydrogens is 332 g/mol. The van der Waals surface area contributed by atoms with Gasteiger partial charge in [-0.1, -0.05) is 6.92 Å². The fraction of sp³-hybridized carbons (Fsp3) is 0.263. The lowest BCUT2D eigenvalue weighted by molar-refractivity contribution is 0.103. The van der Waals surface area contributed by atoms with Gasteiger partial charge in [0, 0.05) is 41.8 Å². The molecule has 3 aromatic heterocycles. The highest BCUT2D eigenvalue weighted by Crippen LogP contribution is 2.28. The third-order valence-electron chi connectivity index (χ3n) is 4.41. The molecule has 1 aromatic carbocycles. The normalized spacial score (nSPS) is 11.5. The van der Waals surface area contributed by atoms with E-state index >= 15 is 0 Å². The summed E-state index contributed by atoms with van der Waals surface area (Å²) in [7, 11) is 1.91. The number of aromatic nitrogens is 3. The van der Waals surface area contributed by atoms with E-state index in [9.17, 15) is 4.79 Å². The van der Waals surface area contributed by atoms with Crippen molar-refractivity contribution in [1.29, 1.82) is 0 Å². The third kappa shape index (κ3) is 2.72. The Labute approximate surface area is 149 Å². The summed E-state index contributed by atoms with van der Waals surface area (Å²) in [5.41, 5.74) is 2.97. The van der Waals surface area contributed by atoms with Crippen molar-refractivity contribution in [2.45, 2.75) is 26.8 Å². The molecule has 0 saturated heterocycles. The molecule has 0 fully saturated rings. The molecule has 0 saturated carbocycles. The average molecular weight is 352 g/mol. The number of hydrogen-bond donors (Lipinski definition) is 1. The van der Waals surface area contributed by atoms with Crippen LogP contribution in [0.2, 0.25) is 0 Å². The van der Waals surface area contributed by atoms with Gasteiger partial charge in [-0.3, -0.25) is 9.48 Å². The third-order valence-corrected chi connectivity index (χ3v) is 5.61. The molecule has 0 spiro atoms. The summed E-state index contributed by atoms with van der Waals surface area (Å²) >= 11 is 1.47. The summed E-state index contributed by atoms with van der Waals surface area (Å²) in [5.74, 6) is -0.0760. The van der Waals surface area contributed by atoms with Crippen molar-refractivity contribution in [2.24, 2.45) is 7.05 Å². The number of fused-ring (bicyclic) bond motifs is 2. The van der Waals surface area contributed by atoms with Gasteiger partial charge in [0.05, 0.1) is 10.6 Å². The van der Waals surface area contributed by atoms with Crippen LogP contribution in [-0.4, -0.2) is 20.3 Å². The second-order valence-corrected chi connectivity index (χ2v) is 7.31. The number of aryl methyl sites for hydroxylation is 3. The molecule has 0 radical (unpaired) electrons. The van der Waals surface area contributed by atoms with Crippen molar-refractivity contribution in [3.63, 3.8) is 0 Å². The van der Waals surface area contributed by atoms with E-state index in [4.69, 9.17) is 0 Å². The molecule has 6 heteroatoms. The van der Waals surface area contributed by atoms with Gasteiger partial charge in [-0.15, -0.1) is 11.3 Å². The Morgan fingerprint density at radius 3 is 2.88 bits per heavy atom. The fourth-order valence-electron chi connectivity index (χ4n) is 3.22. The summed E-state index contributed by atoms with van der Waals surface area (Å²) in [4.78, 5) is 14.3. The van der Waals surface area contributed by atoms with Crippen LogP contribution in [0.4, 0.5) is 5.69 Å². The Hall–Kier alpha value is -2.60. The fourth-order valence-corrected chi connectivity index (χ4v) is 4.24. The van der Waals surface area contributed by atoms with Crippen molar-refractivity contribution in [1.82, 2.24) is 14.3 Å². The lowest BCUT2D eigenvalue weighted by Gasteiger charge is -2.06. The summed E-state index contributed by atoms with van der Waals surface area (Å²) in [5, 5.41) is 9.58. The molecule has 4 aromatic rings. The Bertz CT molecular complexity index is 1050. The molecule has 1 N–H and O–H groups in total. The number of nitrogens with one attached hydrogen (secondary N) is 1. The van der Waals surface area contributed by atoms with Gasteiger partial charge in [-0.2, -0.15) is 5.10 Å². The Morgan fingerprint density at radius 1 is 1.28 bits per heavy atom. The van der Waals surface area contributed by atoms with E-state index in [0.717, 1.165) is 39.9 Å². The van der Waals surface area contributed by atoms with Crippen LogP contribution in [-0.2, 0) is 13.6 Å². The van der Waals surface area contributed by atoms with Crippen LogP contribution in [0.25, 0.3) is 21.1 Å². The molecule has 0 unspecified atom stereocenters. The van der Waals surface area contributed by atoms with Crippen LogP contribution in [0.5, 0.6) is 0 Å². The zero-order valence-corrected chi connectivity index (χ0v) is 15.4.